The molecule has 4 aromatic carbocycles. The maximum Gasteiger partial charge on any atom is 0.119 e. The molecule has 1 heterocycles. The minimum absolute atomic E-state index is 0.123. The summed E-state index contributed by atoms with van der Waals surface area (Å²) in [6.07, 6.45) is 0. The molecule has 0 unspecified atom stereocenters. The third-order valence-electron chi connectivity index (χ3n) is 6.91. The second kappa shape index (κ2) is 9.57. The highest BCUT2D eigenvalue weighted by Crippen LogP contribution is 2.63. The standard InChI is InChI=1S/C33H35IOS/c1-32(2,3)23-9-17-30-28(19-23)29-20-24(33(4,5)6)10-18-31(29)36(30)27-15-13-26(14-16-27)35-21-22-7-11-25(34)12-8-22/h7-20,36H,21H2,1-6H3. The first kappa shape index (κ1) is 25.4. The van der Waals surface area contributed by atoms with Crippen molar-refractivity contribution in [1.82, 2.24) is 0 Å². The van der Waals surface area contributed by atoms with Gasteiger partial charge in [-0.2, -0.15) is 10.9 Å². The van der Waals surface area contributed by atoms with E-state index in [2.05, 4.69) is 149 Å². The number of hydrogen-bond acceptors (Lipinski definition) is 1. The second-order valence-corrected chi connectivity index (χ2v) is 15.1. The summed E-state index contributed by atoms with van der Waals surface area (Å²) in [7, 11) is -0.594. The summed E-state index contributed by atoms with van der Waals surface area (Å²) in [4.78, 5) is 4.30. The smallest absolute Gasteiger partial charge is 0.119 e. The average Bonchev–Trinajstić information content (AvgIpc) is 3.16. The Morgan fingerprint density at radius 2 is 1.14 bits per heavy atom. The van der Waals surface area contributed by atoms with E-state index in [1.807, 2.05) is 0 Å². The second-order valence-electron chi connectivity index (χ2n) is 11.7. The predicted octanol–water partition coefficient (Wildman–Crippen LogP) is 9.92. The lowest BCUT2D eigenvalue weighted by molar-refractivity contribution is 0.306. The summed E-state index contributed by atoms with van der Waals surface area (Å²) in [5, 5.41) is 0. The van der Waals surface area contributed by atoms with E-state index >= 15 is 0 Å². The Balaban J connectivity index is 1.50. The summed E-state index contributed by atoms with van der Waals surface area (Å²) >= 11 is 2.33. The Labute approximate surface area is 232 Å². The van der Waals surface area contributed by atoms with E-state index < -0.39 is 10.9 Å². The molecule has 0 amide bonds. The van der Waals surface area contributed by atoms with Gasteiger partial charge in [0, 0.05) is 13.4 Å². The molecule has 1 aliphatic heterocycles. The molecule has 5 rings (SSSR count). The summed E-state index contributed by atoms with van der Waals surface area (Å²) in [6, 6.07) is 31.6. The number of benzene rings is 4. The Bertz CT molecular complexity index is 1330. The van der Waals surface area contributed by atoms with Crippen molar-refractivity contribution in [2.75, 3.05) is 0 Å². The molecule has 3 heteroatoms. The number of fused-ring (bicyclic) bond motifs is 3. The van der Waals surface area contributed by atoms with Crippen molar-refractivity contribution in [3.63, 3.8) is 0 Å². The quantitative estimate of drug-likeness (QED) is 0.158. The van der Waals surface area contributed by atoms with Crippen LogP contribution in [0.15, 0.2) is 99.6 Å². The third kappa shape index (κ3) is 5.10. The highest BCUT2D eigenvalue weighted by atomic mass is 127. The van der Waals surface area contributed by atoms with Crippen LogP contribution in [0.2, 0.25) is 0 Å². The van der Waals surface area contributed by atoms with Gasteiger partial charge in [0.25, 0.3) is 0 Å². The van der Waals surface area contributed by atoms with E-state index in [-0.39, 0.29) is 10.8 Å². The SMILES string of the molecule is CC(C)(C)c1ccc2c(c1)-c1cc(C(C)(C)C)ccc1[SH]2c1ccc(OCc2ccc(I)cc2)cc1. The van der Waals surface area contributed by atoms with E-state index in [0.717, 1.165) is 5.75 Å². The highest BCUT2D eigenvalue weighted by Gasteiger charge is 2.30. The number of halogens is 1. The van der Waals surface area contributed by atoms with Crippen molar-refractivity contribution in [2.24, 2.45) is 0 Å². The minimum Gasteiger partial charge on any atom is -0.489 e. The zero-order valence-electron chi connectivity index (χ0n) is 22.0. The summed E-state index contributed by atoms with van der Waals surface area (Å²) in [5.74, 6) is 0.915. The van der Waals surface area contributed by atoms with Gasteiger partial charge in [0.15, 0.2) is 0 Å². The fraction of sp³-hybridized carbons (Fsp3) is 0.273. The molecule has 186 valence electrons. The fourth-order valence-electron chi connectivity index (χ4n) is 4.67. The van der Waals surface area contributed by atoms with E-state index in [1.165, 1.54) is 46.1 Å². The van der Waals surface area contributed by atoms with Gasteiger partial charge in [0.1, 0.15) is 12.4 Å². The molecule has 0 atom stereocenters. The first-order chi connectivity index (χ1) is 17.0. The zero-order valence-corrected chi connectivity index (χ0v) is 25.1. The van der Waals surface area contributed by atoms with Gasteiger partial charge in [-0.3, -0.25) is 0 Å². The van der Waals surface area contributed by atoms with Gasteiger partial charge in [-0.25, -0.2) is 0 Å². The Morgan fingerprint density at radius 1 is 0.639 bits per heavy atom. The topological polar surface area (TPSA) is 9.23 Å². The van der Waals surface area contributed by atoms with Crippen molar-refractivity contribution < 1.29 is 4.74 Å². The monoisotopic (exact) mass is 606 g/mol. The Kier molecular flexibility index (Phi) is 6.76. The minimum atomic E-state index is -0.594. The summed E-state index contributed by atoms with van der Waals surface area (Å²) in [6.45, 7) is 14.4. The molecule has 1 nitrogen and oxygen atoms in total. The van der Waals surface area contributed by atoms with Gasteiger partial charge >= 0.3 is 0 Å². The molecule has 36 heavy (non-hydrogen) atoms. The van der Waals surface area contributed by atoms with Crippen LogP contribution in [0.5, 0.6) is 5.75 Å². The number of hydrogen-bond donors (Lipinski definition) is 1. The molecule has 0 bridgehead atoms. The molecule has 1 aliphatic rings. The van der Waals surface area contributed by atoms with Gasteiger partial charge < -0.3 is 4.74 Å². The van der Waals surface area contributed by atoms with Crippen molar-refractivity contribution in [1.29, 1.82) is 0 Å². The van der Waals surface area contributed by atoms with Crippen LogP contribution < -0.4 is 4.74 Å². The van der Waals surface area contributed by atoms with Crippen molar-refractivity contribution in [3.8, 4) is 16.9 Å². The van der Waals surface area contributed by atoms with Crippen LogP contribution >= 0.6 is 33.5 Å². The molecule has 0 N–H and O–H groups in total. The van der Waals surface area contributed by atoms with Crippen molar-refractivity contribution in [2.45, 2.75) is 73.7 Å². The summed E-state index contributed by atoms with van der Waals surface area (Å²) < 4.78 is 7.34. The predicted molar refractivity (Wildman–Crippen MR) is 163 cm³/mol. The number of thiol groups is 1. The molecule has 0 aromatic heterocycles. The van der Waals surface area contributed by atoms with Gasteiger partial charge in [0.2, 0.25) is 0 Å². The first-order valence-electron chi connectivity index (χ1n) is 12.6. The number of ether oxygens (including phenoxy) is 1. The van der Waals surface area contributed by atoms with Crippen molar-refractivity contribution >= 4 is 33.5 Å². The molecule has 0 fully saturated rings. The lowest BCUT2D eigenvalue weighted by Gasteiger charge is -2.23. The average molecular weight is 607 g/mol. The highest BCUT2D eigenvalue weighted by molar-refractivity contribution is 14.1. The largest absolute Gasteiger partial charge is 0.489 e. The number of rotatable bonds is 4. The van der Waals surface area contributed by atoms with Crippen LogP contribution in [0.3, 0.4) is 0 Å². The fourth-order valence-corrected chi connectivity index (χ4v) is 7.59. The van der Waals surface area contributed by atoms with Crippen LogP contribution in [0.25, 0.3) is 11.1 Å². The molecule has 0 spiro atoms. The van der Waals surface area contributed by atoms with E-state index in [1.54, 1.807) is 0 Å². The van der Waals surface area contributed by atoms with Crippen LogP contribution in [-0.4, -0.2) is 0 Å². The lowest BCUT2D eigenvalue weighted by atomic mass is 9.83. The Hall–Kier alpha value is -2.24. The molecule has 0 saturated heterocycles. The van der Waals surface area contributed by atoms with Gasteiger partial charge in [-0.1, -0.05) is 65.8 Å². The van der Waals surface area contributed by atoms with Crippen LogP contribution in [-0.2, 0) is 17.4 Å². The Morgan fingerprint density at radius 3 is 1.61 bits per heavy atom. The van der Waals surface area contributed by atoms with Gasteiger partial charge in [0.05, 0.1) is 0 Å². The van der Waals surface area contributed by atoms with Crippen LogP contribution in [0, 0.1) is 3.57 Å². The van der Waals surface area contributed by atoms with Crippen molar-refractivity contribution in [3.05, 3.63) is 105 Å². The first-order valence-corrected chi connectivity index (χ1v) is 15.0. The molecule has 4 aromatic rings. The molecule has 0 aliphatic carbocycles. The van der Waals surface area contributed by atoms with Crippen LogP contribution in [0.4, 0.5) is 0 Å². The van der Waals surface area contributed by atoms with Gasteiger partial charge in [-0.05, 0) is 127 Å². The zero-order chi connectivity index (χ0) is 25.7. The van der Waals surface area contributed by atoms with E-state index in [9.17, 15) is 0 Å². The normalized spacial score (nSPS) is 13.9. The lowest BCUT2D eigenvalue weighted by Crippen LogP contribution is -2.11. The van der Waals surface area contributed by atoms with Crippen LogP contribution in [0.1, 0.15) is 58.2 Å². The third-order valence-corrected chi connectivity index (χ3v) is 10.2. The van der Waals surface area contributed by atoms with Gasteiger partial charge in [-0.15, -0.1) is 0 Å². The molecular weight excluding hydrogens is 571 g/mol. The maximum absolute atomic E-state index is 6.10. The summed E-state index contributed by atoms with van der Waals surface area (Å²) in [5.41, 5.74) is 7.04. The molecule has 0 radical (unpaired) electrons. The molecular formula is C33H35IOS. The maximum atomic E-state index is 6.10. The van der Waals surface area contributed by atoms with E-state index in [4.69, 9.17) is 4.74 Å². The van der Waals surface area contributed by atoms with E-state index in [0.29, 0.717) is 6.61 Å². The molecule has 0 saturated carbocycles.